The first-order chi connectivity index (χ1) is 10.0. The number of hydrogen-bond donors (Lipinski definition) is 0. The molecule has 0 atom stereocenters. The molecule has 0 radical (unpaired) electrons. The molecule has 0 bridgehead atoms. The van der Waals surface area contributed by atoms with Crippen molar-refractivity contribution in [3.05, 3.63) is 63.2 Å². The van der Waals surface area contributed by atoms with E-state index < -0.39 is 4.92 Å². The lowest BCUT2D eigenvalue weighted by Crippen LogP contribution is -1.96. The Labute approximate surface area is 120 Å². The van der Waals surface area contributed by atoms with Gasteiger partial charge in [-0.1, -0.05) is 6.07 Å². The zero-order valence-corrected chi connectivity index (χ0v) is 11.1. The number of nitro benzene ring substituents is 1. The van der Waals surface area contributed by atoms with E-state index in [-0.39, 0.29) is 22.7 Å². The van der Waals surface area contributed by atoms with Gasteiger partial charge < -0.3 is 4.74 Å². The molecule has 0 saturated heterocycles. The highest BCUT2D eigenvalue weighted by Gasteiger charge is 2.17. The fraction of sp³-hybridized carbons (Fsp3) is 0.0667. The van der Waals surface area contributed by atoms with E-state index in [0.717, 1.165) is 5.56 Å². The second-order valence-electron chi connectivity index (χ2n) is 4.32. The van der Waals surface area contributed by atoms with Crippen LogP contribution in [0, 0.1) is 28.4 Å². The van der Waals surface area contributed by atoms with Gasteiger partial charge in [0.15, 0.2) is 0 Å². The summed E-state index contributed by atoms with van der Waals surface area (Å²) < 4.78 is 5.47. The molecule has 6 nitrogen and oxygen atoms in total. The highest BCUT2D eigenvalue weighted by Crippen LogP contribution is 2.33. The summed E-state index contributed by atoms with van der Waals surface area (Å²) in [6.45, 7) is 1.73. The summed E-state index contributed by atoms with van der Waals surface area (Å²) in [6, 6.07) is 10.7. The smallest absolute Gasteiger partial charge is 0.311 e. The molecule has 0 amide bonds. The van der Waals surface area contributed by atoms with Crippen LogP contribution < -0.4 is 4.74 Å². The fourth-order valence-electron chi connectivity index (χ4n) is 1.77. The van der Waals surface area contributed by atoms with Gasteiger partial charge >= 0.3 is 5.69 Å². The standard InChI is InChI=1S/C15H10N2O4/c1-10-2-4-15(13(6-10)17(19)20)21-14-5-3-11(9-18)7-12(14)8-16/h2-7,9H,1H3. The first kappa shape index (κ1) is 14.2. The van der Waals surface area contributed by atoms with Crippen LogP contribution in [0.1, 0.15) is 21.5 Å². The maximum atomic E-state index is 11.0. The van der Waals surface area contributed by atoms with Crippen molar-refractivity contribution in [3.63, 3.8) is 0 Å². The van der Waals surface area contributed by atoms with E-state index in [1.807, 2.05) is 6.07 Å². The minimum atomic E-state index is -0.547. The highest BCUT2D eigenvalue weighted by atomic mass is 16.6. The summed E-state index contributed by atoms with van der Waals surface area (Å²) in [5.41, 5.74) is 1.01. The molecule has 21 heavy (non-hydrogen) atoms. The van der Waals surface area contributed by atoms with Gasteiger partial charge in [0.05, 0.1) is 10.5 Å². The Morgan fingerprint density at radius 1 is 1.24 bits per heavy atom. The summed E-state index contributed by atoms with van der Waals surface area (Å²) >= 11 is 0. The first-order valence-corrected chi connectivity index (χ1v) is 5.97. The Bertz CT molecular complexity index is 763. The summed E-state index contributed by atoms with van der Waals surface area (Å²) in [7, 11) is 0. The van der Waals surface area contributed by atoms with E-state index in [2.05, 4.69) is 0 Å². The third-order valence-corrected chi connectivity index (χ3v) is 2.79. The minimum Gasteiger partial charge on any atom is -0.449 e. The molecular weight excluding hydrogens is 272 g/mol. The summed E-state index contributed by atoms with van der Waals surface area (Å²) in [5.74, 6) is 0.205. The first-order valence-electron chi connectivity index (χ1n) is 5.97. The molecule has 0 unspecified atom stereocenters. The van der Waals surface area contributed by atoms with Crippen LogP contribution in [0.3, 0.4) is 0 Å². The molecular formula is C15H10N2O4. The van der Waals surface area contributed by atoms with E-state index in [9.17, 15) is 14.9 Å². The molecule has 0 heterocycles. The Balaban J connectivity index is 2.46. The van der Waals surface area contributed by atoms with Crippen LogP contribution in [0.5, 0.6) is 11.5 Å². The van der Waals surface area contributed by atoms with Gasteiger partial charge in [-0.25, -0.2) is 0 Å². The van der Waals surface area contributed by atoms with Crippen LogP contribution >= 0.6 is 0 Å². The molecule has 0 spiro atoms. The second kappa shape index (κ2) is 5.84. The fourth-order valence-corrected chi connectivity index (χ4v) is 1.77. The van der Waals surface area contributed by atoms with Crippen molar-refractivity contribution in [3.8, 4) is 17.6 Å². The quantitative estimate of drug-likeness (QED) is 0.486. The number of benzene rings is 2. The Morgan fingerprint density at radius 3 is 2.57 bits per heavy atom. The number of nitriles is 1. The van der Waals surface area contributed by atoms with Gasteiger partial charge in [-0.05, 0) is 36.8 Å². The van der Waals surface area contributed by atoms with E-state index in [1.165, 1.54) is 30.3 Å². The lowest BCUT2D eigenvalue weighted by atomic mass is 10.1. The summed E-state index contributed by atoms with van der Waals surface area (Å²) in [4.78, 5) is 21.2. The second-order valence-corrected chi connectivity index (χ2v) is 4.32. The Hall–Kier alpha value is -3.20. The van der Waals surface area contributed by atoms with Gasteiger partial charge in [0.2, 0.25) is 5.75 Å². The average molecular weight is 282 g/mol. The summed E-state index contributed by atoms with van der Waals surface area (Å²) in [5, 5.41) is 20.1. The number of aldehydes is 1. The molecule has 2 aromatic carbocycles. The van der Waals surface area contributed by atoms with Gasteiger partial charge in [-0.3, -0.25) is 14.9 Å². The zero-order valence-electron chi connectivity index (χ0n) is 11.1. The minimum absolute atomic E-state index is 0.0425. The molecule has 0 aliphatic rings. The highest BCUT2D eigenvalue weighted by molar-refractivity contribution is 5.76. The molecule has 6 heteroatoms. The van der Waals surface area contributed by atoms with Crippen LogP contribution in [0.15, 0.2) is 36.4 Å². The van der Waals surface area contributed by atoms with E-state index in [4.69, 9.17) is 10.00 Å². The number of hydrogen-bond acceptors (Lipinski definition) is 5. The lowest BCUT2D eigenvalue weighted by Gasteiger charge is -2.08. The van der Waals surface area contributed by atoms with Crippen LogP contribution in [-0.2, 0) is 0 Å². The lowest BCUT2D eigenvalue weighted by molar-refractivity contribution is -0.385. The monoisotopic (exact) mass is 282 g/mol. The number of nitrogens with zero attached hydrogens (tertiary/aromatic N) is 2. The van der Waals surface area contributed by atoms with Crippen molar-refractivity contribution in [2.75, 3.05) is 0 Å². The van der Waals surface area contributed by atoms with Crippen LogP contribution in [0.4, 0.5) is 5.69 Å². The van der Waals surface area contributed by atoms with Crippen LogP contribution in [-0.4, -0.2) is 11.2 Å². The Morgan fingerprint density at radius 2 is 1.95 bits per heavy atom. The van der Waals surface area contributed by atoms with Gasteiger partial charge in [0.1, 0.15) is 18.1 Å². The number of nitro groups is 1. The van der Waals surface area contributed by atoms with Gasteiger partial charge in [-0.2, -0.15) is 5.26 Å². The molecule has 2 aromatic rings. The van der Waals surface area contributed by atoms with Crippen LogP contribution in [0.2, 0.25) is 0 Å². The molecule has 0 aromatic heterocycles. The maximum Gasteiger partial charge on any atom is 0.311 e. The van der Waals surface area contributed by atoms with E-state index in [1.54, 1.807) is 13.0 Å². The van der Waals surface area contributed by atoms with Gasteiger partial charge in [0.25, 0.3) is 0 Å². The van der Waals surface area contributed by atoms with Crippen molar-refractivity contribution >= 4 is 12.0 Å². The number of ether oxygens (including phenoxy) is 1. The Kier molecular flexibility index (Phi) is 3.95. The van der Waals surface area contributed by atoms with Crippen molar-refractivity contribution < 1.29 is 14.5 Å². The molecule has 2 rings (SSSR count). The predicted molar refractivity (Wildman–Crippen MR) is 74.5 cm³/mol. The van der Waals surface area contributed by atoms with Crippen LogP contribution in [0.25, 0.3) is 0 Å². The largest absolute Gasteiger partial charge is 0.449 e. The van der Waals surface area contributed by atoms with Crippen molar-refractivity contribution in [2.24, 2.45) is 0 Å². The van der Waals surface area contributed by atoms with Crippen molar-refractivity contribution in [2.45, 2.75) is 6.92 Å². The average Bonchev–Trinajstić information content (AvgIpc) is 2.49. The zero-order chi connectivity index (χ0) is 15.4. The molecule has 0 aliphatic heterocycles. The molecule has 0 N–H and O–H groups in total. The third kappa shape index (κ3) is 3.04. The van der Waals surface area contributed by atoms with E-state index >= 15 is 0 Å². The van der Waals surface area contributed by atoms with E-state index in [0.29, 0.717) is 11.8 Å². The number of rotatable bonds is 4. The summed E-state index contributed by atoms with van der Waals surface area (Å²) in [6.07, 6.45) is 0.610. The molecule has 104 valence electrons. The number of aryl methyl sites for hydroxylation is 1. The molecule has 0 aliphatic carbocycles. The van der Waals surface area contributed by atoms with Gasteiger partial charge in [-0.15, -0.1) is 0 Å². The topological polar surface area (TPSA) is 93.2 Å². The molecule has 0 fully saturated rings. The normalized spacial score (nSPS) is 9.71. The van der Waals surface area contributed by atoms with Gasteiger partial charge in [0, 0.05) is 11.6 Å². The van der Waals surface area contributed by atoms with Crippen molar-refractivity contribution in [1.82, 2.24) is 0 Å². The number of carbonyl (C=O) groups is 1. The SMILES string of the molecule is Cc1ccc(Oc2ccc(C=O)cc2C#N)c([N+](=O)[O-])c1. The third-order valence-electron chi connectivity index (χ3n) is 2.79. The maximum absolute atomic E-state index is 11.0. The molecule has 0 saturated carbocycles. The predicted octanol–water partition coefficient (Wildman–Crippen LogP) is 3.38. The van der Waals surface area contributed by atoms with Crippen molar-refractivity contribution in [1.29, 1.82) is 5.26 Å². The number of carbonyl (C=O) groups excluding carboxylic acids is 1.